The van der Waals surface area contributed by atoms with Crippen molar-refractivity contribution in [1.82, 2.24) is 0 Å². The van der Waals surface area contributed by atoms with Gasteiger partial charge in [0.2, 0.25) is 0 Å². The van der Waals surface area contributed by atoms with E-state index in [9.17, 15) is 19.8 Å². The lowest BCUT2D eigenvalue weighted by atomic mass is 9.49. The van der Waals surface area contributed by atoms with Gasteiger partial charge in [0.1, 0.15) is 0 Å². The molecule has 0 saturated heterocycles. The van der Waals surface area contributed by atoms with E-state index in [0.717, 1.165) is 12.8 Å². The summed E-state index contributed by atoms with van der Waals surface area (Å²) in [6.45, 7) is 5.47. The third-order valence-electron chi connectivity index (χ3n) is 4.89. The normalized spacial score (nSPS) is 37.7. The van der Waals surface area contributed by atoms with Crippen molar-refractivity contribution in [2.75, 3.05) is 0 Å². The fourth-order valence-corrected chi connectivity index (χ4v) is 3.85. The average molecular weight is 242 g/mol. The summed E-state index contributed by atoms with van der Waals surface area (Å²) in [5.41, 5.74) is -2.23. The molecule has 1 fully saturated rings. The number of rotatable bonds is 4. The highest BCUT2D eigenvalue weighted by Gasteiger charge is 2.63. The minimum Gasteiger partial charge on any atom is -0.481 e. The Bertz CT molecular complexity index is 325. The van der Waals surface area contributed by atoms with E-state index in [0.29, 0.717) is 19.3 Å². The molecule has 0 spiro atoms. The van der Waals surface area contributed by atoms with E-state index in [4.69, 9.17) is 0 Å². The second-order valence-electron chi connectivity index (χ2n) is 5.16. The van der Waals surface area contributed by atoms with Crippen molar-refractivity contribution in [2.24, 2.45) is 16.7 Å². The minimum absolute atomic E-state index is 0.0881. The molecule has 17 heavy (non-hydrogen) atoms. The lowest BCUT2D eigenvalue weighted by Gasteiger charge is -2.51. The lowest BCUT2D eigenvalue weighted by molar-refractivity contribution is -0.188. The van der Waals surface area contributed by atoms with Crippen molar-refractivity contribution in [3.63, 3.8) is 0 Å². The molecule has 98 valence electrons. The van der Waals surface area contributed by atoms with Crippen molar-refractivity contribution in [3.05, 3.63) is 0 Å². The van der Waals surface area contributed by atoms with Crippen molar-refractivity contribution in [3.8, 4) is 0 Å². The van der Waals surface area contributed by atoms with Crippen LogP contribution in [-0.2, 0) is 9.59 Å². The third-order valence-corrected chi connectivity index (χ3v) is 4.89. The Morgan fingerprint density at radius 2 is 1.76 bits per heavy atom. The van der Waals surface area contributed by atoms with E-state index >= 15 is 0 Å². The zero-order valence-corrected chi connectivity index (χ0v) is 10.8. The molecular formula is C13H22O4. The highest BCUT2D eigenvalue weighted by molar-refractivity contribution is 5.87. The average Bonchev–Trinajstić information content (AvgIpc) is 2.27. The van der Waals surface area contributed by atoms with Gasteiger partial charge in [-0.3, -0.25) is 9.59 Å². The largest absolute Gasteiger partial charge is 0.481 e. The van der Waals surface area contributed by atoms with E-state index < -0.39 is 22.8 Å². The van der Waals surface area contributed by atoms with Crippen LogP contribution < -0.4 is 0 Å². The first-order valence-electron chi connectivity index (χ1n) is 6.35. The van der Waals surface area contributed by atoms with Crippen LogP contribution in [0.25, 0.3) is 0 Å². The lowest BCUT2D eigenvalue weighted by Crippen LogP contribution is -2.57. The van der Waals surface area contributed by atoms with Crippen molar-refractivity contribution in [1.29, 1.82) is 0 Å². The Labute approximate surface area is 102 Å². The molecule has 0 amide bonds. The molecule has 0 aromatic carbocycles. The molecule has 1 saturated carbocycles. The smallest absolute Gasteiger partial charge is 0.311 e. The highest BCUT2D eigenvalue weighted by Crippen LogP contribution is 2.57. The Hall–Kier alpha value is -1.06. The highest BCUT2D eigenvalue weighted by atomic mass is 16.4. The van der Waals surface area contributed by atoms with E-state index in [1.165, 1.54) is 0 Å². The quantitative estimate of drug-likeness (QED) is 0.794. The molecule has 4 nitrogen and oxygen atoms in total. The maximum Gasteiger partial charge on any atom is 0.311 e. The molecule has 0 radical (unpaired) electrons. The molecule has 0 bridgehead atoms. The van der Waals surface area contributed by atoms with Gasteiger partial charge in [0.15, 0.2) is 0 Å². The van der Waals surface area contributed by atoms with E-state index in [2.05, 4.69) is 0 Å². The molecule has 0 heterocycles. The topological polar surface area (TPSA) is 74.6 Å². The summed E-state index contributed by atoms with van der Waals surface area (Å²) in [4.78, 5) is 23.4. The van der Waals surface area contributed by atoms with Crippen LogP contribution in [0.1, 0.15) is 52.9 Å². The molecule has 0 aromatic heterocycles. The molecule has 3 atom stereocenters. The first-order chi connectivity index (χ1) is 7.89. The molecule has 2 N–H and O–H groups in total. The van der Waals surface area contributed by atoms with E-state index in [1.807, 2.05) is 6.92 Å². The predicted octanol–water partition coefficient (Wildman–Crippen LogP) is 2.77. The summed E-state index contributed by atoms with van der Waals surface area (Å²) < 4.78 is 0. The van der Waals surface area contributed by atoms with E-state index in [1.54, 1.807) is 13.8 Å². The zero-order valence-electron chi connectivity index (χ0n) is 10.8. The Balaban J connectivity index is 3.42. The summed E-state index contributed by atoms with van der Waals surface area (Å²) in [6, 6.07) is 0. The standard InChI is InChI=1S/C13H22O4/c1-4-12(10(14)15)8-6-7-9(3)13(12,5-2)11(16)17/h9H,4-8H2,1-3H3,(H,14,15)(H,16,17). The van der Waals surface area contributed by atoms with Crippen molar-refractivity contribution >= 4 is 11.9 Å². The monoisotopic (exact) mass is 242 g/mol. The maximum atomic E-state index is 11.7. The number of aliphatic carboxylic acids is 2. The number of hydrogen-bond acceptors (Lipinski definition) is 2. The van der Waals surface area contributed by atoms with Gasteiger partial charge in [-0.25, -0.2) is 0 Å². The van der Waals surface area contributed by atoms with Gasteiger partial charge >= 0.3 is 11.9 Å². The van der Waals surface area contributed by atoms with Gasteiger partial charge in [0.05, 0.1) is 10.8 Å². The second kappa shape index (κ2) is 4.67. The molecule has 0 aromatic rings. The summed E-state index contributed by atoms with van der Waals surface area (Å²) in [7, 11) is 0. The summed E-state index contributed by atoms with van der Waals surface area (Å²) >= 11 is 0. The fourth-order valence-electron chi connectivity index (χ4n) is 3.85. The van der Waals surface area contributed by atoms with Crippen LogP contribution in [0.5, 0.6) is 0 Å². The van der Waals surface area contributed by atoms with Gasteiger partial charge in [-0.15, -0.1) is 0 Å². The predicted molar refractivity (Wildman–Crippen MR) is 63.7 cm³/mol. The SMILES string of the molecule is CCC1(C(=O)O)CCCC(C)C1(CC)C(=O)O. The molecule has 3 unspecified atom stereocenters. The van der Waals surface area contributed by atoms with Crippen LogP contribution in [0.3, 0.4) is 0 Å². The number of carboxylic acids is 2. The molecule has 1 rings (SSSR count). The van der Waals surface area contributed by atoms with Gasteiger partial charge in [0.25, 0.3) is 0 Å². The molecule has 0 aliphatic heterocycles. The van der Waals surface area contributed by atoms with Crippen LogP contribution in [0, 0.1) is 16.7 Å². The van der Waals surface area contributed by atoms with Gasteiger partial charge in [-0.2, -0.15) is 0 Å². The van der Waals surface area contributed by atoms with E-state index in [-0.39, 0.29) is 5.92 Å². The summed E-state index contributed by atoms with van der Waals surface area (Å²) in [6.07, 6.45) is 2.84. The minimum atomic E-state index is -1.12. The molecule has 1 aliphatic rings. The summed E-state index contributed by atoms with van der Waals surface area (Å²) in [5, 5.41) is 19.2. The van der Waals surface area contributed by atoms with Crippen molar-refractivity contribution in [2.45, 2.75) is 52.9 Å². The third kappa shape index (κ3) is 1.65. The van der Waals surface area contributed by atoms with Gasteiger partial charge in [0, 0.05) is 0 Å². The number of hydrogen-bond donors (Lipinski definition) is 2. The van der Waals surface area contributed by atoms with Crippen LogP contribution >= 0.6 is 0 Å². The molecule has 1 aliphatic carbocycles. The van der Waals surface area contributed by atoms with Crippen LogP contribution in [0.15, 0.2) is 0 Å². The van der Waals surface area contributed by atoms with Crippen molar-refractivity contribution < 1.29 is 19.8 Å². The van der Waals surface area contributed by atoms with Crippen LogP contribution in [0.2, 0.25) is 0 Å². The molecular weight excluding hydrogens is 220 g/mol. The Morgan fingerprint density at radius 1 is 1.18 bits per heavy atom. The first kappa shape index (κ1) is 14.0. The second-order valence-corrected chi connectivity index (χ2v) is 5.16. The van der Waals surface area contributed by atoms with Crippen LogP contribution in [0.4, 0.5) is 0 Å². The zero-order chi connectivity index (χ0) is 13.3. The fraction of sp³-hybridized carbons (Fsp3) is 0.846. The van der Waals surface area contributed by atoms with Crippen LogP contribution in [-0.4, -0.2) is 22.2 Å². The number of carboxylic acid groups (broad SMARTS) is 2. The Kier molecular flexibility index (Phi) is 3.84. The Morgan fingerprint density at radius 3 is 2.06 bits per heavy atom. The first-order valence-corrected chi connectivity index (χ1v) is 6.35. The summed E-state index contributed by atoms with van der Waals surface area (Å²) in [5.74, 6) is -1.98. The number of carbonyl (C=O) groups is 2. The van der Waals surface area contributed by atoms with Gasteiger partial charge in [-0.05, 0) is 31.6 Å². The van der Waals surface area contributed by atoms with Gasteiger partial charge in [-0.1, -0.05) is 27.2 Å². The molecule has 4 heteroatoms. The van der Waals surface area contributed by atoms with Gasteiger partial charge < -0.3 is 10.2 Å². The maximum absolute atomic E-state index is 11.7.